The highest BCUT2D eigenvalue weighted by Crippen LogP contribution is 2.07. The van der Waals surface area contributed by atoms with Crippen LogP contribution in [0.25, 0.3) is 0 Å². The van der Waals surface area contributed by atoms with Crippen LogP contribution in [0.1, 0.15) is 28.8 Å². The van der Waals surface area contributed by atoms with E-state index < -0.39 is 0 Å². The van der Waals surface area contributed by atoms with Crippen molar-refractivity contribution in [3.63, 3.8) is 0 Å². The summed E-state index contributed by atoms with van der Waals surface area (Å²) in [5.74, 6) is 4.98. The predicted octanol–water partition coefficient (Wildman–Crippen LogP) is -0.00790. The summed E-state index contributed by atoms with van der Waals surface area (Å²) in [5, 5.41) is 2.73. The van der Waals surface area contributed by atoms with Gasteiger partial charge in [-0.25, -0.2) is 0 Å². The average Bonchev–Trinajstić information content (AvgIpc) is 2.41. The molecule has 0 spiro atoms. The van der Waals surface area contributed by atoms with E-state index >= 15 is 0 Å². The first-order chi connectivity index (χ1) is 9.15. The van der Waals surface area contributed by atoms with Crippen LogP contribution in [-0.2, 0) is 4.79 Å². The van der Waals surface area contributed by atoms with Crippen LogP contribution in [0, 0.1) is 11.8 Å². The van der Waals surface area contributed by atoms with Crippen molar-refractivity contribution in [3.05, 3.63) is 35.4 Å². The molecule has 0 saturated carbocycles. The molecule has 0 saturated heterocycles. The molecule has 1 rings (SSSR count). The topological polar surface area (TPSA) is 98.2 Å². The van der Waals surface area contributed by atoms with E-state index in [2.05, 4.69) is 17.2 Å². The van der Waals surface area contributed by atoms with Gasteiger partial charge in [-0.3, -0.25) is 9.59 Å². The highest BCUT2D eigenvalue weighted by Gasteiger charge is 2.08. The molecule has 2 amide bonds. The molecule has 1 aromatic rings. The van der Waals surface area contributed by atoms with Crippen LogP contribution in [-0.4, -0.2) is 24.9 Å². The number of primary amides is 1. The third-order valence-electron chi connectivity index (χ3n) is 2.38. The summed E-state index contributed by atoms with van der Waals surface area (Å²) in [5.41, 5.74) is 11.5. The van der Waals surface area contributed by atoms with Crippen molar-refractivity contribution in [3.8, 4) is 11.8 Å². The van der Waals surface area contributed by atoms with Crippen molar-refractivity contribution >= 4 is 11.8 Å². The zero-order chi connectivity index (χ0) is 14.1. The van der Waals surface area contributed by atoms with Crippen LogP contribution in [0.3, 0.4) is 0 Å². The molecule has 0 aromatic heterocycles. The van der Waals surface area contributed by atoms with Crippen molar-refractivity contribution in [2.45, 2.75) is 12.8 Å². The number of rotatable bonds is 5. The lowest BCUT2D eigenvalue weighted by molar-refractivity contribution is -0.118. The molecule has 5 N–H and O–H groups in total. The molecule has 0 radical (unpaired) electrons. The summed E-state index contributed by atoms with van der Waals surface area (Å²) in [6.07, 6.45) is 0.784. The minimum absolute atomic E-state index is 0.216. The summed E-state index contributed by atoms with van der Waals surface area (Å²) in [6.45, 7) is 0.648. The Balaban J connectivity index is 2.63. The van der Waals surface area contributed by atoms with Gasteiger partial charge in [0.15, 0.2) is 0 Å². The lowest BCUT2D eigenvalue weighted by Gasteiger charge is -2.06. The lowest BCUT2D eigenvalue weighted by Crippen LogP contribution is -2.26. The van der Waals surface area contributed by atoms with Gasteiger partial charge in [0, 0.05) is 18.5 Å². The molecule has 0 fully saturated rings. The van der Waals surface area contributed by atoms with Crippen LogP contribution in [0.4, 0.5) is 0 Å². The molecule has 0 bridgehead atoms. The van der Waals surface area contributed by atoms with Gasteiger partial charge < -0.3 is 16.8 Å². The Labute approximate surface area is 112 Å². The van der Waals surface area contributed by atoms with Crippen LogP contribution >= 0.6 is 0 Å². The van der Waals surface area contributed by atoms with Gasteiger partial charge >= 0.3 is 0 Å². The van der Waals surface area contributed by atoms with E-state index in [1.165, 1.54) is 0 Å². The maximum absolute atomic E-state index is 11.9. The van der Waals surface area contributed by atoms with Crippen molar-refractivity contribution in [2.24, 2.45) is 11.5 Å². The van der Waals surface area contributed by atoms with Crippen molar-refractivity contribution < 1.29 is 9.59 Å². The molecular formula is C14H17N3O2. The molecule has 0 aliphatic carbocycles. The Morgan fingerprint density at radius 1 is 1.26 bits per heavy atom. The first-order valence-corrected chi connectivity index (χ1v) is 5.99. The van der Waals surface area contributed by atoms with Crippen LogP contribution in [0.15, 0.2) is 24.3 Å². The normalized spacial score (nSPS) is 9.32. The molecule has 5 nitrogen and oxygen atoms in total. The lowest BCUT2D eigenvalue weighted by atomic mass is 10.1. The zero-order valence-corrected chi connectivity index (χ0v) is 10.6. The van der Waals surface area contributed by atoms with Gasteiger partial charge in [-0.1, -0.05) is 24.0 Å². The number of carbonyl (C=O) groups is 2. The number of hydrogen-bond acceptors (Lipinski definition) is 3. The third kappa shape index (κ3) is 5.23. The van der Waals surface area contributed by atoms with Crippen molar-refractivity contribution in [1.82, 2.24) is 5.32 Å². The van der Waals surface area contributed by atoms with Gasteiger partial charge in [-0.2, -0.15) is 0 Å². The van der Waals surface area contributed by atoms with Crippen LogP contribution in [0.2, 0.25) is 0 Å². The van der Waals surface area contributed by atoms with E-state index in [0.717, 1.165) is 0 Å². The molecule has 0 aliphatic heterocycles. The van der Waals surface area contributed by atoms with E-state index in [9.17, 15) is 9.59 Å². The fourth-order valence-electron chi connectivity index (χ4n) is 1.50. The zero-order valence-electron chi connectivity index (χ0n) is 10.6. The Morgan fingerprint density at radius 3 is 2.68 bits per heavy atom. The highest BCUT2D eigenvalue weighted by molar-refractivity contribution is 5.96. The Bertz CT molecular complexity index is 515. The minimum atomic E-state index is -0.372. The standard InChI is InChI=1S/C14H17N3O2/c15-9-3-6-11-5-1-2-7-12(11)14(19)17-10-4-8-13(16)18/h1-2,5,7H,4,8-10,15H2,(H2,16,18)(H,17,19). The number of hydrogen-bond donors (Lipinski definition) is 3. The molecule has 0 unspecified atom stereocenters. The number of amides is 2. The fraction of sp³-hybridized carbons (Fsp3) is 0.286. The first-order valence-electron chi connectivity index (χ1n) is 5.99. The van der Waals surface area contributed by atoms with Gasteiger partial charge in [0.2, 0.25) is 5.91 Å². The highest BCUT2D eigenvalue weighted by atomic mass is 16.2. The number of nitrogens with two attached hydrogens (primary N) is 2. The Kier molecular flexibility index (Phi) is 6.13. The molecule has 100 valence electrons. The number of benzene rings is 1. The maximum atomic E-state index is 11.9. The van der Waals surface area contributed by atoms with Gasteiger partial charge in [0.1, 0.15) is 0 Å². The smallest absolute Gasteiger partial charge is 0.252 e. The van der Waals surface area contributed by atoms with Gasteiger partial charge in [0.05, 0.1) is 12.1 Å². The molecule has 0 heterocycles. The largest absolute Gasteiger partial charge is 0.370 e. The fourth-order valence-corrected chi connectivity index (χ4v) is 1.50. The van der Waals surface area contributed by atoms with E-state index in [4.69, 9.17) is 11.5 Å². The summed E-state index contributed by atoms with van der Waals surface area (Å²) >= 11 is 0. The van der Waals surface area contributed by atoms with Gasteiger partial charge in [-0.15, -0.1) is 0 Å². The summed E-state index contributed by atoms with van der Waals surface area (Å²) < 4.78 is 0. The predicted molar refractivity (Wildman–Crippen MR) is 73.1 cm³/mol. The maximum Gasteiger partial charge on any atom is 0.252 e. The Morgan fingerprint density at radius 2 is 2.00 bits per heavy atom. The number of nitrogens with one attached hydrogen (secondary N) is 1. The molecular weight excluding hydrogens is 242 g/mol. The van der Waals surface area contributed by atoms with Crippen LogP contribution in [0.5, 0.6) is 0 Å². The van der Waals surface area contributed by atoms with E-state index in [1.54, 1.807) is 18.2 Å². The molecule has 0 atom stereocenters. The number of carbonyl (C=O) groups excluding carboxylic acids is 2. The van der Waals surface area contributed by atoms with Gasteiger partial charge in [-0.05, 0) is 18.6 Å². The van der Waals surface area contributed by atoms with Crippen LogP contribution < -0.4 is 16.8 Å². The van der Waals surface area contributed by atoms with Crippen molar-refractivity contribution in [1.29, 1.82) is 0 Å². The third-order valence-corrected chi connectivity index (χ3v) is 2.38. The van der Waals surface area contributed by atoms with Crippen molar-refractivity contribution in [2.75, 3.05) is 13.1 Å². The second-order valence-electron chi connectivity index (χ2n) is 3.88. The SMILES string of the molecule is NCC#Cc1ccccc1C(=O)NCCCC(N)=O. The minimum Gasteiger partial charge on any atom is -0.370 e. The first kappa shape index (κ1) is 14.7. The second-order valence-corrected chi connectivity index (χ2v) is 3.88. The summed E-state index contributed by atoms with van der Waals surface area (Å²) in [6, 6.07) is 7.04. The Hall–Kier alpha value is -2.32. The van der Waals surface area contributed by atoms with E-state index in [-0.39, 0.29) is 24.8 Å². The summed E-state index contributed by atoms with van der Waals surface area (Å²) in [4.78, 5) is 22.5. The molecule has 0 aliphatic rings. The monoisotopic (exact) mass is 259 g/mol. The van der Waals surface area contributed by atoms with E-state index in [0.29, 0.717) is 24.1 Å². The molecule has 5 heteroatoms. The van der Waals surface area contributed by atoms with Gasteiger partial charge in [0.25, 0.3) is 5.91 Å². The molecule has 19 heavy (non-hydrogen) atoms. The second kappa shape index (κ2) is 7.90. The van der Waals surface area contributed by atoms with E-state index in [1.807, 2.05) is 6.07 Å². The summed E-state index contributed by atoms with van der Waals surface area (Å²) in [7, 11) is 0. The average molecular weight is 259 g/mol. The quantitative estimate of drug-likeness (QED) is 0.512. The molecule has 1 aromatic carbocycles.